The van der Waals surface area contributed by atoms with Crippen molar-refractivity contribution in [2.75, 3.05) is 28.4 Å². The van der Waals surface area contributed by atoms with Gasteiger partial charge in [0.15, 0.2) is 5.79 Å². The number of ether oxygens (including phenoxy) is 2. The molecular weight excluding hydrogens is 176 g/mol. The molecule has 5 heteroatoms. The van der Waals surface area contributed by atoms with Crippen LogP contribution in [0.5, 0.6) is 0 Å². The molecule has 1 aliphatic rings. The van der Waals surface area contributed by atoms with Gasteiger partial charge >= 0.3 is 8.56 Å². The second kappa shape index (κ2) is 3.43. The molecule has 0 aromatic heterocycles. The highest BCUT2D eigenvalue weighted by Gasteiger charge is 2.61. The highest BCUT2D eigenvalue weighted by Crippen LogP contribution is 2.45. The minimum atomic E-state index is -1.92. The molecule has 0 atom stereocenters. The molecule has 1 heterocycles. The zero-order valence-corrected chi connectivity index (χ0v) is 9.05. The van der Waals surface area contributed by atoms with Gasteiger partial charge in [0.05, 0.1) is 0 Å². The minimum absolute atomic E-state index is 0.446. The molecule has 0 radical (unpaired) electrons. The van der Waals surface area contributed by atoms with E-state index in [2.05, 4.69) is 0 Å². The molecule has 1 aliphatic heterocycles. The van der Waals surface area contributed by atoms with E-state index in [0.29, 0.717) is 0 Å². The summed E-state index contributed by atoms with van der Waals surface area (Å²) in [7, 11) is 4.74. The molecule has 0 aromatic rings. The van der Waals surface area contributed by atoms with E-state index in [0.717, 1.165) is 12.1 Å². The third-order valence-corrected chi connectivity index (χ3v) is 6.21. The maximum absolute atomic E-state index is 5.34. The van der Waals surface area contributed by atoms with Crippen LogP contribution in [0.25, 0.3) is 0 Å². The summed E-state index contributed by atoms with van der Waals surface area (Å²) in [5.41, 5.74) is 0. The van der Waals surface area contributed by atoms with Crippen molar-refractivity contribution in [3.8, 4) is 0 Å². The Kier molecular flexibility index (Phi) is 2.90. The summed E-state index contributed by atoms with van der Waals surface area (Å²) in [6.07, 6.45) is 0. The zero-order valence-electron chi connectivity index (χ0n) is 8.05. The van der Waals surface area contributed by atoms with Crippen LogP contribution in [0.15, 0.2) is 0 Å². The average molecular weight is 192 g/mol. The van der Waals surface area contributed by atoms with Gasteiger partial charge in [-0.05, 0) is 0 Å². The third kappa shape index (κ3) is 1.43. The van der Waals surface area contributed by atoms with Gasteiger partial charge in [0.2, 0.25) is 0 Å². The third-order valence-electron chi connectivity index (χ3n) is 2.57. The minimum Gasteiger partial charge on any atom is -0.397 e. The van der Waals surface area contributed by atoms with Crippen molar-refractivity contribution >= 4 is 8.56 Å². The van der Waals surface area contributed by atoms with Gasteiger partial charge in [0.1, 0.15) is 0 Å². The highest BCUT2D eigenvalue weighted by atomic mass is 28.4. The van der Waals surface area contributed by atoms with Gasteiger partial charge in [-0.15, -0.1) is 0 Å². The van der Waals surface area contributed by atoms with Crippen LogP contribution in [0, 0.1) is 0 Å². The SMILES string of the molecule is COC1(OC)C[Si](OC)(OC)C1. The lowest BCUT2D eigenvalue weighted by molar-refractivity contribution is -0.205. The van der Waals surface area contributed by atoms with E-state index < -0.39 is 14.3 Å². The Bertz CT molecular complexity index is 127. The summed E-state index contributed by atoms with van der Waals surface area (Å²) in [6.45, 7) is 0. The number of rotatable bonds is 4. The summed E-state index contributed by atoms with van der Waals surface area (Å²) in [6, 6.07) is 1.50. The van der Waals surface area contributed by atoms with Crippen molar-refractivity contribution in [1.29, 1.82) is 0 Å². The van der Waals surface area contributed by atoms with Gasteiger partial charge in [0.25, 0.3) is 0 Å². The molecule has 1 rings (SSSR count). The lowest BCUT2D eigenvalue weighted by atomic mass is 10.3. The van der Waals surface area contributed by atoms with Crippen molar-refractivity contribution in [3.63, 3.8) is 0 Å². The fraction of sp³-hybridized carbons (Fsp3) is 1.00. The number of hydrogen-bond acceptors (Lipinski definition) is 4. The van der Waals surface area contributed by atoms with Crippen molar-refractivity contribution < 1.29 is 18.3 Å². The fourth-order valence-electron chi connectivity index (χ4n) is 1.51. The molecule has 12 heavy (non-hydrogen) atoms. The Balaban J connectivity index is 2.52. The van der Waals surface area contributed by atoms with E-state index >= 15 is 0 Å². The molecule has 0 spiro atoms. The Morgan fingerprint density at radius 2 is 1.33 bits per heavy atom. The largest absolute Gasteiger partial charge is 0.397 e. The maximum Gasteiger partial charge on any atom is 0.348 e. The molecule has 0 saturated carbocycles. The van der Waals surface area contributed by atoms with Crippen molar-refractivity contribution in [3.05, 3.63) is 0 Å². The van der Waals surface area contributed by atoms with E-state index in [4.69, 9.17) is 18.3 Å². The molecule has 0 amide bonds. The van der Waals surface area contributed by atoms with Crippen LogP contribution in [-0.2, 0) is 18.3 Å². The lowest BCUT2D eigenvalue weighted by Crippen LogP contribution is -2.63. The summed E-state index contributed by atoms with van der Waals surface area (Å²) in [5, 5.41) is 0. The van der Waals surface area contributed by atoms with Gasteiger partial charge in [-0.1, -0.05) is 0 Å². The molecule has 0 N–H and O–H groups in total. The van der Waals surface area contributed by atoms with Crippen LogP contribution < -0.4 is 0 Å². The molecule has 1 saturated heterocycles. The van der Waals surface area contributed by atoms with E-state index in [1.807, 2.05) is 0 Å². The van der Waals surface area contributed by atoms with Gasteiger partial charge in [-0.25, -0.2) is 0 Å². The van der Waals surface area contributed by atoms with E-state index in [-0.39, 0.29) is 0 Å². The van der Waals surface area contributed by atoms with Gasteiger partial charge in [-0.2, -0.15) is 0 Å². The Labute approximate surface area is 74.0 Å². The second-order valence-corrected chi connectivity index (χ2v) is 6.34. The van der Waals surface area contributed by atoms with Crippen LogP contribution in [0.4, 0.5) is 0 Å². The van der Waals surface area contributed by atoms with Crippen molar-refractivity contribution in [2.45, 2.75) is 17.9 Å². The first kappa shape index (κ1) is 10.1. The smallest absolute Gasteiger partial charge is 0.348 e. The Morgan fingerprint density at radius 3 is 1.58 bits per heavy atom. The zero-order chi connectivity index (χ0) is 9.24. The first-order valence-electron chi connectivity index (χ1n) is 3.86. The van der Waals surface area contributed by atoms with E-state index in [9.17, 15) is 0 Å². The number of hydrogen-bond donors (Lipinski definition) is 0. The molecule has 0 aliphatic carbocycles. The number of methoxy groups -OCH3 is 2. The monoisotopic (exact) mass is 192 g/mol. The summed E-state index contributed by atoms with van der Waals surface area (Å²) in [5.74, 6) is -0.446. The predicted octanol–water partition coefficient (Wildman–Crippen LogP) is 0.724. The highest BCUT2D eigenvalue weighted by molar-refractivity contribution is 6.71. The fourth-order valence-corrected chi connectivity index (χ4v) is 4.37. The van der Waals surface area contributed by atoms with Gasteiger partial charge in [0, 0.05) is 40.5 Å². The summed E-state index contributed by atoms with van der Waals surface area (Å²) < 4.78 is 21.1. The second-order valence-electron chi connectivity index (χ2n) is 2.99. The predicted molar refractivity (Wildman–Crippen MR) is 46.1 cm³/mol. The normalized spacial score (nSPS) is 25.0. The van der Waals surface area contributed by atoms with Crippen LogP contribution >= 0.6 is 0 Å². The topological polar surface area (TPSA) is 36.9 Å². The first-order chi connectivity index (χ1) is 5.66. The van der Waals surface area contributed by atoms with Crippen LogP contribution in [0.1, 0.15) is 0 Å². The standard InChI is InChI=1S/C7H16O4Si/c1-8-7(9-2)5-12(6-7,10-3)11-4/h5-6H2,1-4H3. The molecule has 0 aromatic carbocycles. The van der Waals surface area contributed by atoms with Crippen molar-refractivity contribution in [1.82, 2.24) is 0 Å². The molecule has 72 valence electrons. The molecule has 0 bridgehead atoms. The van der Waals surface area contributed by atoms with Gasteiger partial charge in [-0.3, -0.25) is 0 Å². The lowest BCUT2D eigenvalue weighted by Gasteiger charge is -2.49. The summed E-state index contributed by atoms with van der Waals surface area (Å²) in [4.78, 5) is 0. The van der Waals surface area contributed by atoms with Gasteiger partial charge < -0.3 is 18.3 Å². The maximum atomic E-state index is 5.34. The van der Waals surface area contributed by atoms with Crippen molar-refractivity contribution in [2.24, 2.45) is 0 Å². The quantitative estimate of drug-likeness (QED) is 0.486. The van der Waals surface area contributed by atoms with E-state index in [1.165, 1.54) is 0 Å². The molecular formula is C7H16O4Si. The molecule has 0 unspecified atom stereocenters. The van der Waals surface area contributed by atoms with Crippen LogP contribution in [0.3, 0.4) is 0 Å². The van der Waals surface area contributed by atoms with Crippen LogP contribution in [0.2, 0.25) is 12.1 Å². The Morgan fingerprint density at radius 1 is 0.917 bits per heavy atom. The first-order valence-corrected chi connectivity index (χ1v) is 6.09. The summed E-state index contributed by atoms with van der Waals surface area (Å²) >= 11 is 0. The Hall–Kier alpha value is 0.0569. The van der Waals surface area contributed by atoms with E-state index in [1.54, 1.807) is 28.4 Å². The molecule has 4 nitrogen and oxygen atoms in total. The van der Waals surface area contributed by atoms with Crippen LogP contribution in [-0.4, -0.2) is 42.8 Å². The molecule has 1 fully saturated rings. The average Bonchev–Trinajstić information content (AvgIpc) is 2.07.